The molecule has 1 heterocycles. The third-order valence-electron chi connectivity index (χ3n) is 5.80. The predicted molar refractivity (Wildman–Crippen MR) is 110 cm³/mol. The number of methoxy groups -OCH3 is 1. The highest BCUT2D eigenvalue weighted by molar-refractivity contribution is 5.82. The van der Waals surface area contributed by atoms with Crippen molar-refractivity contribution in [2.45, 2.75) is 18.3 Å². The van der Waals surface area contributed by atoms with Crippen LogP contribution in [0.3, 0.4) is 0 Å². The molecule has 0 saturated heterocycles. The van der Waals surface area contributed by atoms with Gasteiger partial charge < -0.3 is 9.15 Å². The Morgan fingerprint density at radius 1 is 0.893 bits per heavy atom. The summed E-state index contributed by atoms with van der Waals surface area (Å²) < 4.78 is 11.4. The lowest BCUT2D eigenvalue weighted by molar-refractivity contribution is 0.405. The molecule has 28 heavy (non-hydrogen) atoms. The molecular weight excluding hydrogens is 348 g/mol. The largest absolute Gasteiger partial charge is 0.496 e. The van der Waals surface area contributed by atoms with E-state index in [0.717, 1.165) is 34.2 Å². The van der Waals surface area contributed by atoms with Crippen LogP contribution in [-0.4, -0.2) is 7.11 Å². The fourth-order valence-corrected chi connectivity index (χ4v) is 4.61. The van der Waals surface area contributed by atoms with Crippen LogP contribution < -0.4 is 10.4 Å². The van der Waals surface area contributed by atoms with E-state index in [1.165, 1.54) is 5.56 Å². The van der Waals surface area contributed by atoms with Crippen molar-refractivity contribution in [3.8, 4) is 5.75 Å². The van der Waals surface area contributed by atoms with Crippen molar-refractivity contribution in [2.24, 2.45) is 0 Å². The second-order valence-electron chi connectivity index (χ2n) is 7.22. The van der Waals surface area contributed by atoms with Gasteiger partial charge in [-0.15, -0.1) is 0 Å². The van der Waals surface area contributed by atoms with Crippen LogP contribution in [0.5, 0.6) is 5.75 Å². The Bertz CT molecular complexity index is 1210. The molecule has 0 amide bonds. The van der Waals surface area contributed by atoms with Gasteiger partial charge >= 0.3 is 5.63 Å². The van der Waals surface area contributed by atoms with Gasteiger partial charge in [-0.2, -0.15) is 0 Å². The number of rotatable bonds is 3. The summed E-state index contributed by atoms with van der Waals surface area (Å²) in [5, 5.41) is 1.02. The van der Waals surface area contributed by atoms with Gasteiger partial charge in [-0.25, -0.2) is 4.79 Å². The standard InChI is InChI=1S/C25H20O3/c1-27-21-13-7-6-12-18(21)23-19(16-9-3-2-4-10-16)15-20-17-11-5-8-14-22(17)28-25(26)24(20)23/h2-14,19,23H,15H2,1H3/t19-,23-/m1/s1. The molecule has 0 N–H and O–H groups in total. The zero-order valence-corrected chi connectivity index (χ0v) is 15.6. The lowest BCUT2D eigenvalue weighted by atomic mass is 9.81. The first-order valence-electron chi connectivity index (χ1n) is 9.50. The maximum absolute atomic E-state index is 13.1. The van der Waals surface area contributed by atoms with Crippen LogP contribution in [0.1, 0.15) is 34.1 Å². The molecule has 1 aliphatic rings. The zero-order valence-electron chi connectivity index (χ0n) is 15.6. The Kier molecular flexibility index (Phi) is 4.01. The van der Waals surface area contributed by atoms with Crippen LogP contribution in [0.15, 0.2) is 88.1 Å². The molecule has 3 aromatic carbocycles. The highest BCUT2D eigenvalue weighted by Crippen LogP contribution is 2.50. The van der Waals surface area contributed by atoms with Crippen LogP contribution in [0.25, 0.3) is 11.0 Å². The summed E-state index contributed by atoms with van der Waals surface area (Å²) in [5.41, 5.74) is 4.51. The number of para-hydroxylation sites is 2. The molecule has 0 fully saturated rings. The molecule has 4 aromatic rings. The maximum Gasteiger partial charge on any atom is 0.340 e. The normalized spacial score (nSPS) is 18.2. The lowest BCUT2D eigenvalue weighted by Gasteiger charge is -2.22. The second-order valence-corrected chi connectivity index (χ2v) is 7.22. The van der Waals surface area contributed by atoms with E-state index in [9.17, 15) is 4.79 Å². The van der Waals surface area contributed by atoms with Crippen molar-refractivity contribution in [2.75, 3.05) is 7.11 Å². The fourth-order valence-electron chi connectivity index (χ4n) is 4.61. The Hall–Kier alpha value is -3.33. The van der Waals surface area contributed by atoms with Gasteiger partial charge in [-0.1, -0.05) is 66.7 Å². The molecule has 0 aliphatic heterocycles. The maximum atomic E-state index is 13.1. The highest BCUT2D eigenvalue weighted by Gasteiger charge is 2.40. The van der Waals surface area contributed by atoms with E-state index in [0.29, 0.717) is 5.58 Å². The molecule has 0 saturated carbocycles. The summed E-state index contributed by atoms with van der Waals surface area (Å²) in [6.45, 7) is 0. The van der Waals surface area contributed by atoms with Gasteiger partial charge in [0.05, 0.1) is 7.11 Å². The van der Waals surface area contributed by atoms with Crippen LogP contribution >= 0.6 is 0 Å². The first-order chi connectivity index (χ1) is 13.8. The van der Waals surface area contributed by atoms with Crippen molar-refractivity contribution in [3.05, 3.63) is 112 Å². The molecule has 1 aromatic heterocycles. The quantitative estimate of drug-likeness (QED) is 0.462. The molecule has 3 nitrogen and oxygen atoms in total. The Labute approximate surface area is 163 Å². The highest BCUT2D eigenvalue weighted by atomic mass is 16.5. The van der Waals surface area contributed by atoms with Crippen molar-refractivity contribution < 1.29 is 9.15 Å². The molecule has 2 atom stereocenters. The zero-order chi connectivity index (χ0) is 19.1. The number of ether oxygens (including phenoxy) is 1. The van der Waals surface area contributed by atoms with Crippen LogP contribution in [0, 0.1) is 0 Å². The van der Waals surface area contributed by atoms with E-state index in [2.05, 4.69) is 30.3 Å². The topological polar surface area (TPSA) is 39.4 Å². The van der Waals surface area contributed by atoms with Crippen molar-refractivity contribution in [1.29, 1.82) is 0 Å². The first kappa shape index (κ1) is 16.8. The molecule has 0 radical (unpaired) electrons. The van der Waals surface area contributed by atoms with Crippen molar-refractivity contribution in [1.82, 2.24) is 0 Å². The van der Waals surface area contributed by atoms with E-state index in [-0.39, 0.29) is 17.5 Å². The second kappa shape index (κ2) is 6.68. The molecule has 3 heteroatoms. The number of fused-ring (bicyclic) bond motifs is 3. The molecule has 138 valence electrons. The van der Waals surface area contributed by atoms with Gasteiger partial charge in [0.1, 0.15) is 11.3 Å². The third kappa shape index (κ3) is 2.55. The van der Waals surface area contributed by atoms with Gasteiger partial charge in [-0.3, -0.25) is 0 Å². The van der Waals surface area contributed by atoms with Crippen LogP contribution in [-0.2, 0) is 6.42 Å². The minimum absolute atomic E-state index is 0.102. The summed E-state index contributed by atoms with van der Waals surface area (Å²) in [6, 6.07) is 26.2. The summed E-state index contributed by atoms with van der Waals surface area (Å²) in [5.74, 6) is 0.851. The van der Waals surface area contributed by atoms with E-state index < -0.39 is 0 Å². The Morgan fingerprint density at radius 2 is 1.61 bits per heavy atom. The number of hydrogen-bond donors (Lipinski definition) is 0. The van der Waals surface area contributed by atoms with Gasteiger partial charge in [-0.05, 0) is 35.6 Å². The van der Waals surface area contributed by atoms with Gasteiger partial charge in [0.15, 0.2) is 0 Å². The van der Waals surface area contributed by atoms with E-state index >= 15 is 0 Å². The molecule has 0 spiro atoms. The van der Waals surface area contributed by atoms with Crippen LogP contribution in [0.2, 0.25) is 0 Å². The van der Waals surface area contributed by atoms with Crippen molar-refractivity contribution >= 4 is 11.0 Å². The predicted octanol–water partition coefficient (Wildman–Crippen LogP) is 5.27. The van der Waals surface area contributed by atoms with E-state index in [4.69, 9.17) is 9.15 Å². The summed E-state index contributed by atoms with van der Waals surface area (Å²) in [4.78, 5) is 13.1. The lowest BCUT2D eigenvalue weighted by Crippen LogP contribution is -2.15. The van der Waals surface area contributed by atoms with Crippen molar-refractivity contribution in [3.63, 3.8) is 0 Å². The minimum atomic E-state index is -0.247. The number of benzene rings is 3. The fraction of sp³-hybridized carbons (Fsp3) is 0.160. The molecule has 5 rings (SSSR count). The van der Waals surface area contributed by atoms with Gasteiger partial charge in [0, 0.05) is 22.4 Å². The van der Waals surface area contributed by atoms with E-state index in [1.54, 1.807) is 7.11 Å². The molecule has 0 bridgehead atoms. The molecule has 0 unspecified atom stereocenters. The van der Waals surface area contributed by atoms with E-state index in [1.807, 2.05) is 48.5 Å². The number of hydrogen-bond acceptors (Lipinski definition) is 3. The smallest absolute Gasteiger partial charge is 0.340 e. The van der Waals surface area contributed by atoms with Gasteiger partial charge in [0.25, 0.3) is 0 Å². The molecular formula is C25H20O3. The third-order valence-corrected chi connectivity index (χ3v) is 5.80. The monoisotopic (exact) mass is 368 g/mol. The Morgan fingerprint density at radius 3 is 2.43 bits per heavy atom. The van der Waals surface area contributed by atoms with Gasteiger partial charge in [0.2, 0.25) is 0 Å². The SMILES string of the molecule is COc1ccccc1[C@H]1c2c(c3ccccc3oc2=O)C[C@@H]1c1ccccc1. The summed E-state index contributed by atoms with van der Waals surface area (Å²) in [6.07, 6.45) is 0.800. The average Bonchev–Trinajstić information content (AvgIpc) is 3.16. The Balaban J connectivity index is 1.81. The summed E-state index contributed by atoms with van der Waals surface area (Å²) >= 11 is 0. The average molecular weight is 368 g/mol. The summed E-state index contributed by atoms with van der Waals surface area (Å²) in [7, 11) is 1.68. The molecule has 1 aliphatic carbocycles. The van der Waals surface area contributed by atoms with Crippen LogP contribution in [0.4, 0.5) is 0 Å². The first-order valence-corrected chi connectivity index (χ1v) is 9.50. The minimum Gasteiger partial charge on any atom is -0.496 e.